The van der Waals surface area contributed by atoms with Crippen LogP contribution >= 0.6 is 0 Å². The minimum atomic E-state index is -0.811. The van der Waals surface area contributed by atoms with Crippen LogP contribution in [0.4, 0.5) is 5.69 Å². The van der Waals surface area contributed by atoms with Gasteiger partial charge >= 0.3 is 0 Å². The van der Waals surface area contributed by atoms with Crippen molar-refractivity contribution in [3.05, 3.63) is 48.0 Å². The quantitative estimate of drug-likeness (QED) is 0.637. The molecule has 0 aliphatic carbocycles. The van der Waals surface area contributed by atoms with Gasteiger partial charge in [0.1, 0.15) is 17.1 Å². The minimum absolute atomic E-state index is 0.781. The molecular weight excluding hydrogens is 266 g/mol. The molecule has 1 aromatic heterocycles. The summed E-state index contributed by atoms with van der Waals surface area (Å²) >= 11 is 0. The van der Waals surface area contributed by atoms with Crippen molar-refractivity contribution >= 4 is 20.4 Å². The maximum absolute atomic E-state index is 5.86. The third-order valence-corrected chi connectivity index (χ3v) is 3.25. The molecule has 0 atom stereocenters. The van der Waals surface area contributed by atoms with E-state index < -0.39 is 9.04 Å². The largest absolute Gasteiger partial charge is 0.541 e. The summed E-state index contributed by atoms with van der Waals surface area (Å²) in [6, 6.07) is 7.81. The molecule has 0 amide bonds. The van der Waals surface area contributed by atoms with E-state index in [0.29, 0.717) is 0 Å². The molecule has 5 heteroatoms. The highest BCUT2D eigenvalue weighted by atomic mass is 28.3. The Labute approximate surface area is 121 Å². The van der Waals surface area contributed by atoms with Crippen LogP contribution in [-0.2, 0) is 0 Å². The van der Waals surface area contributed by atoms with Gasteiger partial charge in [-0.25, -0.2) is 4.99 Å². The first-order valence-electron chi connectivity index (χ1n) is 6.47. The van der Waals surface area contributed by atoms with E-state index in [-0.39, 0.29) is 0 Å². The first kappa shape index (κ1) is 14.4. The first-order valence-corrected chi connectivity index (χ1v) is 8.88. The Bertz CT molecular complexity index is 609. The van der Waals surface area contributed by atoms with Crippen LogP contribution in [0.15, 0.2) is 41.7 Å². The van der Waals surface area contributed by atoms with Crippen molar-refractivity contribution in [2.75, 3.05) is 0 Å². The molecule has 0 saturated heterocycles. The zero-order chi connectivity index (χ0) is 14.5. The Morgan fingerprint density at radius 2 is 1.90 bits per heavy atom. The SMILES string of the molecule is CC(=Nc1ccccc1O[Si](C)C)c1cnc(C)cn1. The molecule has 1 heterocycles. The third-order valence-electron chi connectivity index (χ3n) is 2.62. The van der Waals surface area contributed by atoms with Crippen LogP contribution in [0.25, 0.3) is 0 Å². The van der Waals surface area contributed by atoms with Crippen molar-refractivity contribution in [3.8, 4) is 5.75 Å². The van der Waals surface area contributed by atoms with E-state index in [1.807, 2.05) is 38.1 Å². The number of aryl methyl sites for hydroxylation is 1. The van der Waals surface area contributed by atoms with Gasteiger partial charge in [0.2, 0.25) is 0 Å². The average Bonchev–Trinajstić information content (AvgIpc) is 2.41. The molecule has 20 heavy (non-hydrogen) atoms. The number of hydrogen-bond acceptors (Lipinski definition) is 4. The van der Waals surface area contributed by atoms with Crippen LogP contribution in [0.2, 0.25) is 13.1 Å². The summed E-state index contributed by atoms with van der Waals surface area (Å²) in [5.41, 5.74) is 3.34. The lowest BCUT2D eigenvalue weighted by Crippen LogP contribution is -2.11. The molecule has 0 spiro atoms. The summed E-state index contributed by atoms with van der Waals surface area (Å²) in [6.45, 7) is 8.05. The summed E-state index contributed by atoms with van der Waals surface area (Å²) in [5, 5.41) is 0. The molecule has 0 unspecified atom stereocenters. The fraction of sp³-hybridized carbons (Fsp3) is 0.267. The van der Waals surface area contributed by atoms with Gasteiger partial charge in [0.05, 0.1) is 17.6 Å². The van der Waals surface area contributed by atoms with Gasteiger partial charge in [-0.05, 0) is 39.1 Å². The summed E-state index contributed by atoms with van der Waals surface area (Å²) < 4.78 is 5.86. The van der Waals surface area contributed by atoms with Crippen LogP contribution in [0.5, 0.6) is 5.75 Å². The van der Waals surface area contributed by atoms with Gasteiger partial charge in [0, 0.05) is 6.20 Å². The fourth-order valence-electron chi connectivity index (χ4n) is 1.67. The number of aromatic nitrogens is 2. The summed E-state index contributed by atoms with van der Waals surface area (Å²) in [5.74, 6) is 0.825. The summed E-state index contributed by atoms with van der Waals surface area (Å²) in [7, 11) is -0.811. The molecule has 0 aliphatic rings. The number of nitrogens with zero attached hydrogens (tertiary/aromatic N) is 3. The van der Waals surface area contributed by atoms with E-state index in [9.17, 15) is 0 Å². The number of para-hydroxylation sites is 2. The smallest absolute Gasteiger partial charge is 0.274 e. The van der Waals surface area contributed by atoms with E-state index in [4.69, 9.17) is 4.43 Å². The van der Waals surface area contributed by atoms with Crippen molar-refractivity contribution in [1.82, 2.24) is 9.97 Å². The molecule has 2 rings (SSSR count). The van der Waals surface area contributed by atoms with Gasteiger partial charge in [-0.3, -0.25) is 9.97 Å². The van der Waals surface area contributed by atoms with Gasteiger partial charge in [-0.2, -0.15) is 0 Å². The predicted molar refractivity (Wildman–Crippen MR) is 83.2 cm³/mol. The van der Waals surface area contributed by atoms with Crippen molar-refractivity contribution < 1.29 is 4.43 Å². The lowest BCUT2D eigenvalue weighted by atomic mass is 10.2. The average molecular weight is 284 g/mol. The van der Waals surface area contributed by atoms with E-state index in [0.717, 1.165) is 28.5 Å². The van der Waals surface area contributed by atoms with Crippen LogP contribution in [-0.4, -0.2) is 24.7 Å². The number of aliphatic imine (C=N–C) groups is 1. The lowest BCUT2D eigenvalue weighted by Gasteiger charge is -2.11. The predicted octanol–water partition coefficient (Wildman–Crippen LogP) is 3.56. The first-order chi connectivity index (χ1) is 9.56. The molecule has 0 fully saturated rings. The lowest BCUT2D eigenvalue weighted by molar-refractivity contribution is 0.582. The highest BCUT2D eigenvalue weighted by Crippen LogP contribution is 2.28. The Morgan fingerprint density at radius 3 is 2.55 bits per heavy atom. The second kappa shape index (κ2) is 6.43. The Morgan fingerprint density at radius 1 is 1.15 bits per heavy atom. The van der Waals surface area contributed by atoms with Crippen LogP contribution in [0.1, 0.15) is 18.3 Å². The maximum atomic E-state index is 5.86. The van der Waals surface area contributed by atoms with Crippen LogP contribution < -0.4 is 4.43 Å². The van der Waals surface area contributed by atoms with Crippen LogP contribution in [0.3, 0.4) is 0 Å². The standard InChI is InChI=1S/C15H18N3OSi/c1-11-9-17-14(10-16-11)12(2)18-13-7-5-6-8-15(13)19-20(3)4/h5-10H,1-4H3. The molecule has 0 N–H and O–H groups in total. The number of hydrogen-bond donors (Lipinski definition) is 0. The molecule has 1 aromatic carbocycles. The Hall–Kier alpha value is -2.01. The molecule has 0 bridgehead atoms. The molecule has 0 aliphatic heterocycles. The second-order valence-corrected chi connectivity index (χ2v) is 6.74. The monoisotopic (exact) mass is 284 g/mol. The fourth-order valence-corrected chi connectivity index (χ4v) is 2.29. The molecule has 4 nitrogen and oxygen atoms in total. The zero-order valence-electron chi connectivity index (χ0n) is 12.2. The molecule has 2 aromatic rings. The molecule has 1 radical (unpaired) electrons. The van der Waals surface area contributed by atoms with Crippen molar-refractivity contribution in [1.29, 1.82) is 0 Å². The van der Waals surface area contributed by atoms with Gasteiger partial charge in [0.15, 0.2) is 0 Å². The highest BCUT2D eigenvalue weighted by molar-refractivity contribution is 6.49. The van der Waals surface area contributed by atoms with E-state index in [1.165, 1.54) is 0 Å². The Balaban J connectivity index is 2.32. The number of benzene rings is 1. The van der Waals surface area contributed by atoms with E-state index in [1.54, 1.807) is 12.4 Å². The summed E-state index contributed by atoms with van der Waals surface area (Å²) in [6.07, 6.45) is 3.49. The van der Waals surface area contributed by atoms with Gasteiger partial charge in [-0.1, -0.05) is 12.1 Å². The van der Waals surface area contributed by atoms with Gasteiger partial charge < -0.3 is 4.43 Å². The highest BCUT2D eigenvalue weighted by Gasteiger charge is 2.07. The van der Waals surface area contributed by atoms with Crippen molar-refractivity contribution in [3.63, 3.8) is 0 Å². The topological polar surface area (TPSA) is 47.4 Å². The normalized spacial score (nSPS) is 11.8. The van der Waals surface area contributed by atoms with Gasteiger partial charge in [0.25, 0.3) is 9.04 Å². The molecule has 103 valence electrons. The Kier molecular flexibility index (Phi) is 4.63. The second-order valence-electron chi connectivity index (χ2n) is 4.72. The van der Waals surface area contributed by atoms with Crippen molar-refractivity contribution in [2.45, 2.75) is 26.9 Å². The van der Waals surface area contributed by atoms with Crippen molar-refractivity contribution in [2.24, 2.45) is 4.99 Å². The summed E-state index contributed by atoms with van der Waals surface area (Å²) in [4.78, 5) is 13.2. The van der Waals surface area contributed by atoms with Gasteiger partial charge in [-0.15, -0.1) is 0 Å². The van der Waals surface area contributed by atoms with E-state index >= 15 is 0 Å². The molecule has 0 saturated carbocycles. The van der Waals surface area contributed by atoms with E-state index in [2.05, 4.69) is 28.1 Å². The molecular formula is C15H18N3OSi. The number of rotatable bonds is 4. The minimum Gasteiger partial charge on any atom is -0.541 e. The maximum Gasteiger partial charge on any atom is 0.274 e. The third kappa shape index (κ3) is 3.74. The van der Waals surface area contributed by atoms with Crippen LogP contribution in [0, 0.1) is 6.92 Å². The zero-order valence-corrected chi connectivity index (χ0v) is 13.2.